The van der Waals surface area contributed by atoms with Gasteiger partial charge < -0.3 is 25.3 Å². The van der Waals surface area contributed by atoms with Crippen molar-refractivity contribution in [1.82, 2.24) is 19.9 Å². The lowest BCUT2D eigenvalue weighted by Gasteiger charge is -2.18. The number of primary amides is 1. The van der Waals surface area contributed by atoms with Crippen LogP contribution < -0.4 is 21.3 Å². The topological polar surface area (TPSA) is 132 Å². The molecule has 180 valence electrons. The molecule has 2 amide bonds. The van der Waals surface area contributed by atoms with Gasteiger partial charge in [-0.2, -0.15) is 0 Å². The molecular formula is C26H27N5O4. The standard InChI is InChI=1S/C26H27N5O4/c1-14-11-21(35-4)20(25(33)30-14)13-29-26(34)22-16(3)31(24-19(22)9-6-10-28-24)15(2)17-7-5-8-18(12-17)23(27)32/h5-12,15H,13H2,1-4H3,(H2,27,32)(H,29,34)(H,30,33). The van der Waals surface area contributed by atoms with E-state index in [9.17, 15) is 14.4 Å². The molecule has 0 aliphatic heterocycles. The van der Waals surface area contributed by atoms with E-state index in [0.717, 1.165) is 5.56 Å². The van der Waals surface area contributed by atoms with Crippen LogP contribution >= 0.6 is 0 Å². The summed E-state index contributed by atoms with van der Waals surface area (Å²) in [5.41, 5.74) is 9.23. The van der Waals surface area contributed by atoms with E-state index >= 15 is 0 Å². The summed E-state index contributed by atoms with van der Waals surface area (Å²) in [4.78, 5) is 44.8. The monoisotopic (exact) mass is 473 g/mol. The maximum atomic E-state index is 13.4. The van der Waals surface area contributed by atoms with Crippen LogP contribution in [0.1, 0.15) is 56.2 Å². The van der Waals surface area contributed by atoms with Crippen molar-refractivity contribution in [2.45, 2.75) is 33.4 Å². The highest BCUT2D eigenvalue weighted by Gasteiger charge is 2.24. The molecule has 4 aromatic rings. The van der Waals surface area contributed by atoms with Crippen molar-refractivity contribution < 1.29 is 14.3 Å². The third-order valence-corrected chi connectivity index (χ3v) is 6.15. The summed E-state index contributed by atoms with van der Waals surface area (Å²) >= 11 is 0. The normalized spacial score (nSPS) is 11.9. The minimum absolute atomic E-state index is 0.000204. The molecule has 0 radical (unpaired) electrons. The number of nitrogens with one attached hydrogen (secondary N) is 2. The molecule has 1 unspecified atom stereocenters. The predicted molar refractivity (Wildman–Crippen MR) is 133 cm³/mol. The fourth-order valence-electron chi connectivity index (χ4n) is 4.41. The molecule has 1 atom stereocenters. The van der Waals surface area contributed by atoms with Gasteiger partial charge in [0.05, 0.1) is 30.8 Å². The summed E-state index contributed by atoms with van der Waals surface area (Å²) in [6.07, 6.45) is 1.67. The number of H-pyrrole nitrogens is 1. The Balaban J connectivity index is 1.73. The van der Waals surface area contributed by atoms with Gasteiger partial charge in [-0.1, -0.05) is 12.1 Å². The second-order valence-electron chi connectivity index (χ2n) is 8.38. The van der Waals surface area contributed by atoms with E-state index in [1.807, 2.05) is 30.5 Å². The highest BCUT2D eigenvalue weighted by Crippen LogP contribution is 2.31. The summed E-state index contributed by atoms with van der Waals surface area (Å²) in [5, 5.41) is 3.54. The average molecular weight is 474 g/mol. The summed E-state index contributed by atoms with van der Waals surface area (Å²) in [6.45, 7) is 5.59. The van der Waals surface area contributed by atoms with E-state index in [4.69, 9.17) is 10.5 Å². The third-order valence-electron chi connectivity index (χ3n) is 6.15. The molecule has 0 bridgehead atoms. The van der Waals surface area contributed by atoms with Crippen LogP contribution in [-0.4, -0.2) is 33.5 Å². The van der Waals surface area contributed by atoms with Crippen molar-refractivity contribution in [1.29, 1.82) is 0 Å². The number of nitrogens with zero attached hydrogens (tertiary/aromatic N) is 2. The Hall–Kier alpha value is -4.40. The SMILES string of the molecule is COc1cc(C)[nH]c(=O)c1CNC(=O)c1c(C)n(C(C)c2cccc(C(N)=O)c2)c2ncccc12. The van der Waals surface area contributed by atoms with E-state index in [0.29, 0.717) is 44.9 Å². The fourth-order valence-corrected chi connectivity index (χ4v) is 4.41. The first-order chi connectivity index (χ1) is 16.7. The Labute approximate surface area is 201 Å². The molecule has 35 heavy (non-hydrogen) atoms. The van der Waals surface area contributed by atoms with Crippen molar-refractivity contribution in [3.8, 4) is 5.75 Å². The van der Waals surface area contributed by atoms with Gasteiger partial charge in [0, 0.05) is 28.5 Å². The number of carbonyl (C=O) groups excluding carboxylic acids is 2. The lowest BCUT2D eigenvalue weighted by Crippen LogP contribution is -2.28. The van der Waals surface area contributed by atoms with Gasteiger partial charge in [-0.25, -0.2) is 4.98 Å². The second-order valence-corrected chi connectivity index (χ2v) is 8.38. The molecule has 3 heterocycles. The molecule has 0 saturated heterocycles. The largest absolute Gasteiger partial charge is 0.496 e. The van der Waals surface area contributed by atoms with Crippen molar-refractivity contribution >= 4 is 22.8 Å². The number of fused-ring (bicyclic) bond motifs is 1. The number of pyridine rings is 2. The highest BCUT2D eigenvalue weighted by molar-refractivity contribution is 6.07. The van der Waals surface area contributed by atoms with Crippen molar-refractivity contribution in [3.05, 3.63) is 92.7 Å². The Morgan fingerprint density at radius 2 is 1.97 bits per heavy atom. The van der Waals surface area contributed by atoms with Crippen LogP contribution in [0.15, 0.2) is 53.5 Å². The zero-order chi connectivity index (χ0) is 25.3. The number of aromatic nitrogens is 3. The van der Waals surface area contributed by atoms with Crippen LogP contribution in [0.25, 0.3) is 11.0 Å². The van der Waals surface area contributed by atoms with E-state index in [1.165, 1.54) is 7.11 Å². The minimum atomic E-state index is -0.507. The van der Waals surface area contributed by atoms with E-state index in [2.05, 4.69) is 15.3 Å². The molecule has 4 N–H and O–H groups in total. The number of aromatic amines is 1. The van der Waals surface area contributed by atoms with Crippen LogP contribution in [0.3, 0.4) is 0 Å². The Morgan fingerprint density at radius 1 is 1.20 bits per heavy atom. The van der Waals surface area contributed by atoms with Gasteiger partial charge in [-0.05, 0) is 56.7 Å². The highest BCUT2D eigenvalue weighted by atomic mass is 16.5. The van der Waals surface area contributed by atoms with Crippen LogP contribution in [0, 0.1) is 13.8 Å². The third kappa shape index (κ3) is 4.40. The van der Waals surface area contributed by atoms with Crippen LogP contribution in [0.5, 0.6) is 5.75 Å². The summed E-state index contributed by atoms with van der Waals surface area (Å²) < 4.78 is 7.29. The van der Waals surface area contributed by atoms with E-state index in [1.54, 1.807) is 43.5 Å². The number of ether oxygens (including phenoxy) is 1. The summed E-state index contributed by atoms with van der Waals surface area (Å²) in [6, 6.07) is 12.2. The molecule has 0 spiro atoms. The molecule has 4 rings (SSSR count). The van der Waals surface area contributed by atoms with Crippen molar-refractivity contribution in [2.75, 3.05) is 7.11 Å². The number of carbonyl (C=O) groups is 2. The molecular weight excluding hydrogens is 446 g/mol. The van der Waals surface area contributed by atoms with Gasteiger partial charge in [0.25, 0.3) is 11.5 Å². The number of aryl methyl sites for hydroxylation is 1. The first-order valence-corrected chi connectivity index (χ1v) is 11.1. The van der Waals surface area contributed by atoms with Crippen molar-refractivity contribution in [2.24, 2.45) is 5.73 Å². The number of hydrogen-bond donors (Lipinski definition) is 3. The number of hydrogen-bond acceptors (Lipinski definition) is 5. The van der Waals surface area contributed by atoms with Gasteiger partial charge in [-0.3, -0.25) is 14.4 Å². The number of methoxy groups -OCH3 is 1. The summed E-state index contributed by atoms with van der Waals surface area (Å²) in [5.74, 6) is -0.428. The second kappa shape index (κ2) is 9.46. The quantitative estimate of drug-likeness (QED) is 0.380. The van der Waals surface area contributed by atoms with E-state index in [-0.39, 0.29) is 24.1 Å². The fraction of sp³-hybridized carbons (Fsp3) is 0.231. The first-order valence-electron chi connectivity index (χ1n) is 11.1. The molecule has 3 aromatic heterocycles. The van der Waals surface area contributed by atoms with Gasteiger partial charge in [0.15, 0.2) is 0 Å². The van der Waals surface area contributed by atoms with Gasteiger partial charge in [0.2, 0.25) is 5.91 Å². The molecule has 9 heteroatoms. The van der Waals surface area contributed by atoms with Gasteiger partial charge in [-0.15, -0.1) is 0 Å². The number of benzene rings is 1. The zero-order valence-electron chi connectivity index (χ0n) is 20.0. The number of amides is 2. The predicted octanol–water partition coefficient (Wildman–Crippen LogP) is 2.99. The lowest BCUT2D eigenvalue weighted by molar-refractivity contribution is 0.0950. The molecule has 0 aliphatic carbocycles. The number of nitrogens with two attached hydrogens (primary N) is 1. The van der Waals surface area contributed by atoms with Gasteiger partial charge in [0.1, 0.15) is 11.4 Å². The Morgan fingerprint density at radius 3 is 2.69 bits per heavy atom. The maximum absolute atomic E-state index is 13.4. The smallest absolute Gasteiger partial charge is 0.256 e. The van der Waals surface area contributed by atoms with E-state index < -0.39 is 5.91 Å². The Kier molecular flexibility index (Phi) is 6.42. The van der Waals surface area contributed by atoms with Crippen LogP contribution in [-0.2, 0) is 6.54 Å². The molecule has 0 aliphatic rings. The first kappa shape index (κ1) is 23.7. The Bertz CT molecular complexity index is 1500. The van der Waals surface area contributed by atoms with Crippen molar-refractivity contribution in [3.63, 3.8) is 0 Å². The zero-order valence-corrected chi connectivity index (χ0v) is 20.0. The van der Waals surface area contributed by atoms with Crippen LogP contribution in [0.4, 0.5) is 0 Å². The average Bonchev–Trinajstić information content (AvgIpc) is 3.14. The maximum Gasteiger partial charge on any atom is 0.256 e. The van der Waals surface area contributed by atoms with Crippen LogP contribution in [0.2, 0.25) is 0 Å². The molecule has 1 aromatic carbocycles. The molecule has 0 fully saturated rings. The molecule has 0 saturated carbocycles. The number of rotatable bonds is 7. The minimum Gasteiger partial charge on any atom is -0.496 e. The molecule has 9 nitrogen and oxygen atoms in total. The lowest BCUT2D eigenvalue weighted by atomic mass is 10.0. The summed E-state index contributed by atoms with van der Waals surface area (Å²) in [7, 11) is 1.48. The van der Waals surface area contributed by atoms with Gasteiger partial charge >= 0.3 is 0 Å².